The summed E-state index contributed by atoms with van der Waals surface area (Å²) in [4.78, 5) is 6.84. The van der Waals surface area contributed by atoms with Gasteiger partial charge in [-0.1, -0.05) is 6.07 Å². The molecule has 25 heavy (non-hydrogen) atoms. The molecule has 5 nitrogen and oxygen atoms in total. The van der Waals surface area contributed by atoms with Crippen molar-refractivity contribution in [2.45, 2.75) is 62.9 Å². The van der Waals surface area contributed by atoms with Crippen LogP contribution in [-0.2, 0) is 20.8 Å². The quantitative estimate of drug-likeness (QED) is 0.839. The molecule has 5 heteroatoms. The van der Waals surface area contributed by atoms with Gasteiger partial charge in [-0.3, -0.25) is 9.88 Å². The van der Waals surface area contributed by atoms with E-state index in [1.54, 1.807) is 6.20 Å². The predicted octanol–water partition coefficient (Wildman–Crippen LogP) is 2.79. The van der Waals surface area contributed by atoms with Crippen LogP contribution in [-0.4, -0.2) is 60.5 Å². The maximum absolute atomic E-state index is 6.20. The van der Waals surface area contributed by atoms with Crippen molar-refractivity contribution in [3.05, 3.63) is 30.1 Å². The molecular formula is C20H30N2O3. The van der Waals surface area contributed by atoms with Gasteiger partial charge in [0.25, 0.3) is 0 Å². The van der Waals surface area contributed by atoms with Crippen LogP contribution in [0, 0.1) is 0 Å². The number of hydrogen-bond donors (Lipinski definition) is 0. The summed E-state index contributed by atoms with van der Waals surface area (Å²) in [5.74, 6) is 0. The van der Waals surface area contributed by atoms with Crippen LogP contribution in [0.15, 0.2) is 24.5 Å². The second-order valence-electron chi connectivity index (χ2n) is 7.70. The molecule has 1 spiro atoms. The van der Waals surface area contributed by atoms with Crippen molar-refractivity contribution in [1.82, 2.24) is 9.88 Å². The van der Waals surface area contributed by atoms with E-state index in [4.69, 9.17) is 14.2 Å². The van der Waals surface area contributed by atoms with Crippen LogP contribution in [0.3, 0.4) is 0 Å². The van der Waals surface area contributed by atoms with Gasteiger partial charge in [-0.25, -0.2) is 0 Å². The third-order valence-electron chi connectivity index (χ3n) is 6.07. The van der Waals surface area contributed by atoms with E-state index in [1.807, 2.05) is 12.3 Å². The van der Waals surface area contributed by atoms with Crippen molar-refractivity contribution in [2.24, 2.45) is 0 Å². The molecule has 4 heterocycles. The normalized spacial score (nSPS) is 28.2. The summed E-state index contributed by atoms with van der Waals surface area (Å²) in [5, 5.41) is 0. The van der Waals surface area contributed by atoms with Gasteiger partial charge in [-0.05, 0) is 50.2 Å². The molecule has 0 aliphatic carbocycles. The van der Waals surface area contributed by atoms with Crippen molar-refractivity contribution >= 4 is 0 Å². The molecule has 0 bridgehead atoms. The molecule has 0 unspecified atom stereocenters. The Labute approximate surface area is 150 Å². The largest absolute Gasteiger partial charge is 0.381 e. The lowest BCUT2D eigenvalue weighted by atomic mass is 9.83. The highest BCUT2D eigenvalue weighted by Crippen LogP contribution is 2.36. The van der Waals surface area contributed by atoms with Crippen molar-refractivity contribution in [3.8, 4) is 0 Å². The predicted molar refractivity (Wildman–Crippen MR) is 95.4 cm³/mol. The summed E-state index contributed by atoms with van der Waals surface area (Å²) in [7, 11) is 0. The minimum absolute atomic E-state index is 0.0921. The standard InChI is InChI=1S/C20H30N2O3/c1-2-17(15-21-8-1)16-24-19-3-9-22(10-4-19)18-5-11-25-20(14-18)6-12-23-13-7-20/h1-2,8,15,18-19H,3-7,9-14,16H2/t18-/m0/s1. The van der Waals surface area contributed by atoms with Crippen LogP contribution < -0.4 is 0 Å². The van der Waals surface area contributed by atoms with E-state index in [2.05, 4.69) is 16.0 Å². The molecule has 1 atom stereocenters. The van der Waals surface area contributed by atoms with E-state index < -0.39 is 0 Å². The van der Waals surface area contributed by atoms with Crippen molar-refractivity contribution in [1.29, 1.82) is 0 Å². The lowest BCUT2D eigenvalue weighted by Crippen LogP contribution is -2.53. The molecule has 0 saturated carbocycles. The number of rotatable bonds is 4. The number of aromatic nitrogens is 1. The van der Waals surface area contributed by atoms with Crippen molar-refractivity contribution in [2.75, 3.05) is 32.9 Å². The van der Waals surface area contributed by atoms with Crippen LogP contribution in [0.4, 0.5) is 0 Å². The first-order chi connectivity index (χ1) is 12.3. The van der Waals surface area contributed by atoms with Gasteiger partial charge in [-0.2, -0.15) is 0 Å². The van der Waals surface area contributed by atoms with Gasteiger partial charge in [0.2, 0.25) is 0 Å². The minimum atomic E-state index is 0.0921. The first kappa shape index (κ1) is 17.4. The lowest BCUT2D eigenvalue weighted by Gasteiger charge is -2.47. The fourth-order valence-electron chi connectivity index (χ4n) is 4.51. The number of likely N-dealkylation sites (tertiary alicyclic amines) is 1. The SMILES string of the molecule is c1cncc(COC2CCN([C@H]3CCOC4(CCOCC4)C3)CC2)c1. The smallest absolute Gasteiger partial charge is 0.0741 e. The van der Waals surface area contributed by atoms with Gasteiger partial charge in [0, 0.05) is 51.3 Å². The summed E-state index contributed by atoms with van der Waals surface area (Å²) in [6.45, 7) is 5.60. The molecule has 1 aromatic heterocycles. The zero-order chi connectivity index (χ0) is 17.0. The van der Waals surface area contributed by atoms with E-state index in [-0.39, 0.29) is 5.60 Å². The summed E-state index contributed by atoms with van der Waals surface area (Å²) in [6.07, 6.45) is 10.8. The second kappa shape index (κ2) is 8.12. The first-order valence-corrected chi connectivity index (χ1v) is 9.79. The third kappa shape index (κ3) is 4.40. The molecule has 0 N–H and O–H groups in total. The van der Waals surface area contributed by atoms with E-state index in [9.17, 15) is 0 Å². The Hall–Kier alpha value is -1.01. The van der Waals surface area contributed by atoms with Gasteiger partial charge in [-0.15, -0.1) is 0 Å². The summed E-state index contributed by atoms with van der Waals surface area (Å²) in [6, 6.07) is 4.72. The van der Waals surface area contributed by atoms with Gasteiger partial charge >= 0.3 is 0 Å². The maximum Gasteiger partial charge on any atom is 0.0741 e. The molecule has 138 valence electrons. The highest BCUT2D eigenvalue weighted by Gasteiger charge is 2.41. The minimum Gasteiger partial charge on any atom is -0.381 e. The van der Waals surface area contributed by atoms with Crippen LogP contribution in [0.25, 0.3) is 0 Å². The summed E-state index contributed by atoms with van der Waals surface area (Å²) >= 11 is 0. The molecule has 0 amide bonds. The average Bonchev–Trinajstić information content (AvgIpc) is 2.68. The Balaban J connectivity index is 1.24. The average molecular weight is 346 g/mol. The molecule has 3 aliphatic heterocycles. The third-order valence-corrected chi connectivity index (χ3v) is 6.07. The molecule has 3 aliphatic rings. The van der Waals surface area contributed by atoms with Crippen LogP contribution in [0.5, 0.6) is 0 Å². The molecule has 0 radical (unpaired) electrons. The molecule has 0 aromatic carbocycles. The van der Waals surface area contributed by atoms with Crippen LogP contribution in [0.1, 0.15) is 44.1 Å². The number of nitrogens with zero attached hydrogens (tertiary/aromatic N) is 2. The topological polar surface area (TPSA) is 43.8 Å². The molecule has 3 saturated heterocycles. The maximum atomic E-state index is 6.20. The summed E-state index contributed by atoms with van der Waals surface area (Å²) in [5.41, 5.74) is 1.25. The van der Waals surface area contributed by atoms with Gasteiger partial charge < -0.3 is 14.2 Å². The fourth-order valence-corrected chi connectivity index (χ4v) is 4.51. The Morgan fingerprint density at radius 1 is 1.16 bits per heavy atom. The fraction of sp³-hybridized carbons (Fsp3) is 0.750. The first-order valence-electron chi connectivity index (χ1n) is 9.79. The van der Waals surface area contributed by atoms with Crippen molar-refractivity contribution in [3.63, 3.8) is 0 Å². The van der Waals surface area contributed by atoms with E-state index in [1.165, 1.54) is 12.8 Å². The van der Waals surface area contributed by atoms with E-state index >= 15 is 0 Å². The number of ether oxygens (including phenoxy) is 3. The zero-order valence-electron chi connectivity index (χ0n) is 15.1. The second-order valence-corrected chi connectivity index (χ2v) is 7.70. The molecule has 3 fully saturated rings. The molecular weight excluding hydrogens is 316 g/mol. The summed E-state index contributed by atoms with van der Waals surface area (Å²) < 4.78 is 17.8. The Morgan fingerprint density at radius 2 is 2.00 bits per heavy atom. The number of pyridine rings is 1. The van der Waals surface area contributed by atoms with E-state index in [0.29, 0.717) is 18.8 Å². The van der Waals surface area contributed by atoms with Crippen LogP contribution in [0.2, 0.25) is 0 Å². The Bertz CT molecular complexity index is 519. The number of piperidine rings is 1. The highest BCUT2D eigenvalue weighted by atomic mass is 16.5. The number of hydrogen-bond acceptors (Lipinski definition) is 5. The Kier molecular flexibility index (Phi) is 5.66. The van der Waals surface area contributed by atoms with Gasteiger partial charge in [0.05, 0.1) is 18.3 Å². The van der Waals surface area contributed by atoms with Gasteiger partial charge in [0.1, 0.15) is 0 Å². The van der Waals surface area contributed by atoms with E-state index in [0.717, 1.165) is 64.2 Å². The monoisotopic (exact) mass is 346 g/mol. The highest BCUT2D eigenvalue weighted by molar-refractivity contribution is 5.06. The molecule has 4 rings (SSSR count). The van der Waals surface area contributed by atoms with Gasteiger partial charge in [0.15, 0.2) is 0 Å². The molecule has 1 aromatic rings. The lowest BCUT2D eigenvalue weighted by molar-refractivity contribution is -0.154. The zero-order valence-corrected chi connectivity index (χ0v) is 15.1. The Morgan fingerprint density at radius 3 is 2.76 bits per heavy atom. The van der Waals surface area contributed by atoms with Crippen molar-refractivity contribution < 1.29 is 14.2 Å². The van der Waals surface area contributed by atoms with Crippen LogP contribution >= 0.6 is 0 Å².